The number of carbonyl (C=O) groups excluding carboxylic acids is 1. The molecule has 1 fully saturated rings. The van der Waals surface area contributed by atoms with Crippen LogP contribution in [0.5, 0.6) is 5.75 Å². The van der Waals surface area contributed by atoms with Crippen LogP contribution in [0.2, 0.25) is 0 Å². The van der Waals surface area contributed by atoms with E-state index in [4.69, 9.17) is 0 Å². The standard InChI is InChI=1S/C35H46N4O2/c1-2-11-34(38-24-22-37(23-25-38)31-14-7-4-8-15-31)39(32-18-16-28-17-19-33(40)27-30(28)26-32)21-10-9-20-36-35(41)29-12-5-3-6-13-29/h3-8,12-15,17,19,27,32,34,40H,2,9-11,16,18,20-26H2,1H3,(H,36,41). The molecule has 218 valence electrons. The first-order valence-electron chi connectivity index (χ1n) is 15.6. The maximum absolute atomic E-state index is 12.5. The van der Waals surface area contributed by atoms with Crippen LogP contribution in [0, 0.1) is 0 Å². The van der Waals surface area contributed by atoms with Gasteiger partial charge < -0.3 is 15.3 Å². The lowest BCUT2D eigenvalue weighted by molar-refractivity contribution is -0.00313. The monoisotopic (exact) mass is 554 g/mol. The fraction of sp³-hybridized carbons (Fsp3) is 0.457. The van der Waals surface area contributed by atoms with Crippen molar-refractivity contribution >= 4 is 11.6 Å². The number of unbranched alkanes of at least 4 members (excludes halogenated alkanes) is 1. The number of hydrogen-bond acceptors (Lipinski definition) is 5. The summed E-state index contributed by atoms with van der Waals surface area (Å²) in [6, 6.07) is 26.6. The molecule has 3 aromatic rings. The summed E-state index contributed by atoms with van der Waals surface area (Å²) in [6.07, 6.45) is 7.90. The van der Waals surface area contributed by atoms with Crippen molar-refractivity contribution in [2.24, 2.45) is 0 Å². The number of phenols is 1. The predicted octanol–water partition coefficient (Wildman–Crippen LogP) is 5.71. The second-order valence-corrected chi connectivity index (χ2v) is 11.5. The molecule has 3 aromatic carbocycles. The van der Waals surface area contributed by atoms with Crippen molar-refractivity contribution in [3.63, 3.8) is 0 Å². The predicted molar refractivity (Wildman–Crippen MR) is 168 cm³/mol. The lowest BCUT2D eigenvalue weighted by Crippen LogP contribution is -2.59. The Morgan fingerprint density at radius 3 is 2.41 bits per heavy atom. The normalized spacial score (nSPS) is 18.2. The van der Waals surface area contributed by atoms with E-state index in [0.717, 1.165) is 83.2 Å². The number of anilines is 1. The number of para-hydroxylation sites is 1. The molecule has 2 N–H and O–H groups in total. The van der Waals surface area contributed by atoms with Gasteiger partial charge in [-0.3, -0.25) is 14.6 Å². The maximum Gasteiger partial charge on any atom is 0.251 e. The minimum Gasteiger partial charge on any atom is -0.508 e. The quantitative estimate of drug-likeness (QED) is 0.281. The van der Waals surface area contributed by atoms with Gasteiger partial charge in [-0.05, 0) is 86.1 Å². The van der Waals surface area contributed by atoms with Crippen molar-refractivity contribution in [2.45, 2.75) is 64.1 Å². The molecule has 6 nitrogen and oxygen atoms in total. The molecule has 6 heteroatoms. The van der Waals surface area contributed by atoms with Crippen molar-refractivity contribution in [1.82, 2.24) is 15.1 Å². The van der Waals surface area contributed by atoms with Crippen LogP contribution in [0.1, 0.15) is 60.5 Å². The van der Waals surface area contributed by atoms with Gasteiger partial charge in [0.1, 0.15) is 5.75 Å². The van der Waals surface area contributed by atoms with Gasteiger partial charge >= 0.3 is 0 Å². The molecule has 1 aliphatic carbocycles. The first-order chi connectivity index (χ1) is 20.1. The molecule has 1 amide bonds. The molecule has 0 spiro atoms. The zero-order chi connectivity index (χ0) is 28.4. The van der Waals surface area contributed by atoms with Gasteiger partial charge in [-0.15, -0.1) is 0 Å². The van der Waals surface area contributed by atoms with Gasteiger partial charge in [-0.1, -0.05) is 55.8 Å². The summed E-state index contributed by atoms with van der Waals surface area (Å²) in [5, 5.41) is 13.3. The molecule has 0 radical (unpaired) electrons. The smallest absolute Gasteiger partial charge is 0.251 e. The molecule has 5 rings (SSSR count). The summed E-state index contributed by atoms with van der Waals surface area (Å²) in [7, 11) is 0. The van der Waals surface area contributed by atoms with Gasteiger partial charge in [-0.2, -0.15) is 0 Å². The number of nitrogens with one attached hydrogen (secondary N) is 1. The molecule has 2 unspecified atom stereocenters. The Balaban J connectivity index is 1.25. The molecule has 1 saturated heterocycles. The van der Waals surface area contributed by atoms with E-state index in [9.17, 15) is 9.90 Å². The first kappa shape index (κ1) is 29.2. The third kappa shape index (κ3) is 7.69. The summed E-state index contributed by atoms with van der Waals surface area (Å²) in [5.41, 5.74) is 4.71. The zero-order valence-corrected chi connectivity index (χ0v) is 24.5. The van der Waals surface area contributed by atoms with Gasteiger partial charge in [0.05, 0.1) is 6.17 Å². The number of carbonyl (C=O) groups is 1. The van der Waals surface area contributed by atoms with Crippen LogP contribution in [0.25, 0.3) is 0 Å². The fourth-order valence-corrected chi connectivity index (χ4v) is 6.63. The van der Waals surface area contributed by atoms with Crippen LogP contribution in [-0.2, 0) is 12.8 Å². The topological polar surface area (TPSA) is 59.0 Å². The van der Waals surface area contributed by atoms with Crippen LogP contribution < -0.4 is 10.2 Å². The fourth-order valence-electron chi connectivity index (χ4n) is 6.63. The maximum atomic E-state index is 12.5. The van der Waals surface area contributed by atoms with E-state index in [1.807, 2.05) is 42.5 Å². The van der Waals surface area contributed by atoms with E-state index in [-0.39, 0.29) is 5.91 Å². The highest BCUT2D eigenvalue weighted by Crippen LogP contribution is 2.31. The highest BCUT2D eigenvalue weighted by atomic mass is 16.3. The summed E-state index contributed by atoms with van der Waals surface area (Å²) in [4.78, 5) is 20.5. The summed E-state index contributed by atoms with van der Waals surface area (Å²) in [5.74, 6) is 0.374. The zero-order valence-electron chi connectivity index (χ0n) is 24.5. The molecule has 0 bridgehead atoms. The number of aromatic hydroxyl groups is 1. The van der Waals surface area contributed by atoms with E-state index in [2.05, 4.69) is 63.3 Å². The van der Waals surface area contributed by atoms with Crippen molar-refractivity contribution in [1.29, 1.82) is 0 Å². The summed E-state index contributed by atoms with van der Waals surface area (Å²) in [6.45, 7) is 8.23. The third-order valence-electron chi connectivity index (χ3n) is 8.81. The molecule has 2 aliphatic rings. The van der Waals surface area contributed by atoms with Crippen LogP contribution in [-0.4, -0.2) is 72.3 Å². The average Bonchev–Trinajstić information content (AvgIpc) is 3.02. The van der Waals surface area contributed by atoms with Crippen LogP contribution in [0.3, 0.4) is 0 Å². The Morgan fingerprint density at radius 2 is 1.68 bits per heavy atom. The molecule has 0 aromatic heterocycles. The van der Waals surface area contributed by atoms with Crippen LogP contribution in [0.15, 0.2) is 78.9 Å². The number of hydrogen-bond donors (Lipinski definition) is 2. The van der Waals surface area contributed by atoms with Gasteiger partial charge in [0.25, 0.3) is 5.91 Å². The second-order valence-electron chi connectivity index (χ2n) is 11.5. The molecule has 1 heterocycles. The second kappa shape index (κ2) is 14.5. The van der Waals surface area contributed by atoms with E-state index < -0.39 is 0 Å². The highest BCUT2D eigenvalue weighted by Gasteiger charge is 2.33. The summed E-state index contributed by atoms with van der Waals surface area (Å²) >= 11 is 0. The minimum atomic E-state index is 0.00583. The van der Waals surface area contributed by atoms with E-state index >= 15 is 0 Å². The van der Waals surface area contributed by atoms with Gasteiger partial charge in [0, 0.05) is 56.6 Å². The first-order valence-corrected chi connectivity index (χ1v) is 15.6. The van der Waals surface area contributed by atoms with Crippen LogP contribution in [0.4, 0.5) is 5.69 Å². The average molecular weight is 555 g/mol. The number of fused-ring (bicyclic) bond motifs is 1. The highest BCUT2D eigenvalue weighted by molar-refractivity contribution is 5.94. The van der Waals surface area contributed by atoms with Gasteiger partial charge in [0.2, 0.25) is 0 Å². The largest absolute Gasteiger partial charge is 0.508 e. The van der Waals surface area contributed by atoms with Crippen molar-refractivity contribution in [2.75, 3.05) is 44.2 Å². The Hall–Kier alpha value is -3.35. The SMILES string of the molecule is CCCC(N1CCN(c2ccccc2)CC1)N(CCCCNC(=O)c1ccccc1)C1CCc2ccc(O)cc2C1. The molecular formula is C35H46N4O2. The van der Waals surface area contributed by atoms with E-state index in [1.165, 1.54) is 16.8 Å². The number of nitrogens with zero attached hydrogens (tertiary/aromatic N) is 3. The van der Waals surface area contributed by atoms with Gasteiger partial charge in [-0.25, -0.2) is 0 Å². The van der Waals surface area contributed by atoms with Gasteiger partial charge in [0.15, 0.2) is 0 Å². The lowest BCUT2D eigenvalue weighted by Gasteiger charge is -2.48. The number of phenolic OH excluding ortho intramolecular Hbond substituents is 1. The third-order valence-corrected chi connectivity index (χ3v) is 8.81. The summed E-state index contributed by atoms with van der Waals surface area (Å²) < 4.78 is 0. The molecule has 0 saturated carbocycles. The van der Waals surface area contributed by atoms with Crippen molar-refractivity contribution < 1.29 is 9.90 Å². The van der Waals surface area contributed by atoms with Crippen LogP contribution >= 0.6 is 0 Å². The molecular weight excluding hydrogens is 508 g/mol. The Kier molecular flexibility index (Phi) is 10.3. The number of benzene rings is 3. The van der Waals surface area contributed by atoms with Crippen molar-refractivity contribution in [3.8, 4) is 5.75 Å². The number of rotatable bonds is 12. The number of amides is 1. The number of aryl methyl sites for hydroxylation is 1. The molecule has 1 aliphatic heterocycles. The minimum absolute atomic E-state index is 0.00583. The number of piperazine rings is 1. The Labute approximate surface area is 246 Å². The Morgan fingerprint density at radius 1 is 0.951 bits per heavy atom. The molecule has 2 atom stereocenters. The van der Waals surface area contributed by atoms with E-state index in [0.29, 0.717) is 24.5 Å². The van der Waals surface area contributed by atoms with E-state index in [1.54, 1.807) is 0 Å². The van der Waals surface area contributed by atoms with Crippen molar-refractivity contribution in [3.05, 3.63) is 95.6 Å². The Bertz CT molecular complexity index is 1230. The lowest BCUT2D eigenvalue weighted by atomic mass is 9.86. The molecule has 41 heavy (non-hydrogen) atoms.